The maximum absolute atomic E-state index is 13.1. The van der Waals surface area contributed by atoms with E-state index < -0.39 is 5.97 Å². The fraction of sp³-hybridized carbons (Fsp3) is 0.208. The molecule has 4 aromatic rings. The van der Waals surface area contributed by atoms with Gasteiger partial charge in [-0.25, -0.2) is 14.2 Å². The average Bonchev–Trinajstić information content (AvgIpc) is 3.13. The Kier molecular flexibility index (Phi) is 5.56. The van der Waals surface area contributed by atoms with Crippen LogP contribution in [-0.4, -0.2) is 25.5 Å². The number of carbonyl (C=O) groups excluding carboxylic acids is 1. The van der Waals surface area contributed by atoms with Crippen molar-refractivity contribution in [3.05, 3.63) is 87.6 Å². The Morgan fingerprint density at radius 1 is 1.06 bits per heavy atom. The summed E-state index contributed by atoms with van der Waals surface area (Å²) in [5.74, 6) is -0.682. The van der Waals surface area contributed by atoms with E-state index in [1.165, 1.54) is 4.68 Å². The number of aromatic nitrogens is 4. The number of benzene rings is 2. The second kappa shape index (κ2) is 8.47. The number of hydrogen-bond acceptors (Lipinski definition) is 6. The summed E-state index contributed by atoms with van der Waals surface area (Å²) >= 11 is 0. The molecule has 0 aliphatic rings. The number of nitrogens with zero attached hydrogens (tertiary/aromatic N) is 5. The number of rotatable bonds is 5. The molecule has 0 saturated heterocycles. The molecule has 32 heavy (non-hydrogen) atoms. The third kappa shape index (κ3) is 3.65. The molecule has 0 spiro atoms. The lowest BCUT2D eigenvalue weighted by molar-refractivity contribution is 0.0457. The van der Waals surface area contributed by atoms with E-state index in [0.29, 0.717) is 27.7 Å². The molecule has 0 unspecified atom stereocenters. The van der Waals surface area contributed by atoms with E-state index in [1.807, 2.05) is 44.2 Å². The van der Waals surface area contributed by atoms with Gasteiger partial charge in [-0.05, 0) is 39.0 Å². The van der Waals surface area contributed by atoms with Crippen molar-refractivity contribution in [2.75, 3.05) is 0 Å². The number of nitriles is 1. The van der Waals surface area contributed by atoms with Gasteiger partial charge in [-0.3, -0.25) is 4.79 Å². The van der Waals surface area contributed by atoms with Crippen LogP contribution in [0.2, 0.25) is 0 Å². The fourth-order valence-electron chi connectivity index (χ4n) is 3.55. The molecule has 0 bridgehead atoms. The third-order valence-corrected chi connectivity index (χ3v) is 5.12. The average molecular weight is 427 g/mol. The van der Waals surface area contributed by atoms with Crippen LogP contribution < -0.4 is 5.56 Å². The Morgan fingerprint density at radius 3 is 2.38 bits per heavy atom. The van der Waals surface area contributed by atoms with Crippen LogP contribution in [0.1, 0.15) is 47.3 Å². The van der Waals surface area contributed by atoms with E-state index >= 15 is 0 Å². The molecule has 2 aromatic carbocycles. The minimum Gasteiger partial charge on any atom is -0.454 e. The maximum Gasteiger partial charge on any atom is 0.359 e. The number of hydrogen-bond donors (Lipinski definition) is 0. The van der Waals surface area contributed by atoms with Crippen LogP contribution in [0.3, 0.4) is 0 Å². The van der Waals surface area contributed by atoms with Gasteiger partial charge >= 0.3 is 5.97 Å². The predicted octanol–water partition coefficient (Wildman–Crippen LogP) is 3.70. The molecule has 4 rings (SSSR count). The number of esters is 1. The zero-order valence-corrected chi connectivity index (χ0v) is 17.9. The summed E-state index contributed by atoms with van der Waals surface area (Å²) in [4.78, 5) is 25.8. The molecule has 160 valence electrons. The van der Waals surface area contributed by atoms with Crippen LogP contribution in [0.15, 0.2) is 59.4 Å². The lowest BCUT2D eigenvalue weighted by atomic mass is 10.1. The van der Waals surface area contributed by atoms with E-state index in [4.69, 9.17) is 4.74 Å². The van der Waals surface area contributed by atoms with E-state index in [9.17, 15) is 14.9 Å². The van der Waals surface area contributed by atoms with Crippen molar-refractivity contribution in [3.63, 3.8) is 0 Å². The minimum atomic E-state index is -0.682. The molecule has 8 nitrogen and oxygen atoms in total. The number of ether oxygens (including phenoxy) is 1. The number of aryl methyl sites for hydroxylation is 1. The van der Waals surface area contributed by atoms with Gasteiger partial charge in [0.15, 0.2) is 5.69 Å². The summed E-state index contributed by atoms with van der Waals surface area (Å²) < 4.78 is 8.46. The molecular formula is C24H21N5O3. The lowest BCUT2D eigenvalue weighted by Gasteiger charge is -2.13. The summed E-state index contributed by atoms with van der Waals surface area (Å²) in [5, 5.41) is 19.2. The molecule has 0 fully saturated rings. The Labute approximate surface area is 184 Å². The Hall–Kier alpha value is -4.25. The highest BCUT2D eigenvalue weighted by molar-refractivity contribution is 6.02. The minimum absolute atomic E-state index is 0.0508. The molecule has 0 aliphatic carbocycles. The van der Waals surface area contributed by atoms with Gasteiger partial charge in [0, 0.05) is 5.39 Å². The molecule has 0 aliphatic heterocycles. The van der Waals surface area contributed by atoms with Gasteiger partial charge in [0.05, 0.1) is 28.5 Å². The van der Waals surface area contributed by atoms with E-state index in [1.54, 1.807) is 35.9 Å². The summed E-state index contributed by atoms with van der Waals surface area (Å²) in [5.41, 5.74) is 1.89. The number of para-hydroxylation sites is 1. The highest BCUT2D eigenvalue weighted by Crippen LogP contribution is 2.21. The fourth-order valence-corrected chi connectivity index (χ4v) is 3.55. The summed E-state index contributed by atoms with van der Waals surface area (Å²) in [6, 6.07) is 18.0. The van der Waals surface area contributed by atoms with Gasteiger partial charge in [0.25, 0.3) is 5.56 Å². The van der Waals surface area contributed by atoms with Crippen LogP contribution in [0, 0.1) is 18.3 Å². The highest BCUT2D eigenvalue weighted by Gasteiger charge is 2.22. The van der Waals surface area contributed by atoms with Gasteiger partial charge in [-0.2, -0.15) is 15.5 Å². The van der Waals surface area contributed by atoms with Crippen molar-refractivity contribution in [3.8, 4) is 11.8 Å². The normalized spacial score (nSPS) is 11.0. The monoisotopic (exact) mass is 427 g/mol. The van der Waals surface area contributed by atoms with Crippen molar-refractivity contribution in [2.24, 2.45) is 0 Å². The van der Waals surface area contributed by atoms with Crippen LogP contribution >= 0.6 is 0 Å². The molecule has 0 radical (unpaired) electrons. The van der Waals surface area contributed by atoms with Gasteiger partial charge in [0.1, 0.15) is 18.2 Å². The summed E-state index contributed by atoms with van der Waals surface area (Å²) in [6.45, 7) is 5.20. The summed E-state index contributed by atoms with van der Waals surface area (Å²) in [6.07, 6.45) is 0. The Bertz CT molecular complexity index is 1410. The van der Waals surface area contributed by atoms with Gasteiger partial charge < -0.3 is 4.74 Å². The zero-order chi connectivity index (χ0) is 22.8. The van der Waals surface area contributed by atoms with Crippen molar-refractivity contribution in [1.29, 1.82) is 5.26 Å². The zero-order valence-electron chi connectivity index (χ0n) is 17.9. The molecule has 2 heterocycles. The second-order valence-corrected chi connectivity index (χ2v) is 7.58. The molecule has 0 saturated carbocycles. The van der Waals surface area contributed by atoms with Gasteiger partial charge in [-0.1, -0.05) is 36.4 Å². The van der Waals surface area contributed by atoms with Crippen molar-refractivity contribution >= 4 is 16.7 Å². The van der Waals surface area contributed by atoms with Crippen molar-refractivity contribution in [1.82, 2.24) is 19.6 Å². The highest BCUT2D eigenvalue weighted by atomic mass is 16.5. The second-order valence-electron chi connectivity index (χ2n) is 7.58. The van der Waals surface area contributed by atoms with Crippen LogP contribution in [0.4, 0.5) is 0 Å². The summed E-state index contributed by atoms with van der Waals surface area (Å²) in [7, 11) is 0. The van der Waals surface area contributed by atoms with Crippen LogP contribution in [0.25, 0.3) is 16.5 Å². The first-order valence-electron chi connectivity index (χ1n) is 10.1. The van der Waals surface area contributed by atoms with E-state index in [0.717, 1.165) is 5.69 Å². The quantitative estimate of drug-likeness (QED) is 0.450. The predicted molar refractivity (Wildman–Crippen MR) is 119 cm³/mol. The standard InChI is InChI=1S/C24H21N5O3/c1-15(2)28-23(30)19-12-8-7-11-18(19)22(27-28)24(31)32-14-21-20(13-25)16(3)26-29(21)17-9-5-4-6-10-17/h4-12,15H,14H2,1-3H3. The largest absolute Gasteiger partial charge is 0.454 e. The molecule has 2 aromatic heterocycles. The lowest BCUT2D eigenvalue weighted by Crippen LogP contribution is -2.28. The Balaban J connectivity index is 1.73. The van der Waals surface area contributed by atoms with E-state index in [-0.39, 0.29) is 23.9 Å². The van der Waals surface area contributed by atoms with Crippen LogP contribution in [-0.2, 0) is 11.3 Å². The molecule has 0 atom stereocenters. The Morgan fingerprint density at radius 2 is 1.72 bits per heavy atom. The third-order valence-electron chi connectivity index (χ3n) is 5.12. The molecule has 8 heteroatoms. The number of carbonyl (C=O) groups is 1. The van der Waals surface area contributed by atoms with Crippen molar-refractivity contribution < 1.29 is 9.53 Å². The van der Waals surface area contributed by atoms with Gasteiger partial charge in [-0.15, -0.1) is 0 Å². The smallest absolute Gasteiger partial charge is 0.359 e. The topological polar surface area (TPSA) is 103 Å². The SMILES string of the molecule is Cc1nn(-c2ccccc2)c(COC(=O)c2nn(C(C)C)c(=O)c3ccccc23)c1C#N. The van der Waals surface area contributed by atoms with E-state index in [2.05, 4.69) is 16.3 Å². The van der Waals surface area contributed by atoms with Crippen LogP contribution in [0.5, 0.6) is 0 Å². The molecule has 0 N–H and O–H groups in total. The molecule has 0 amide bonds. The first kappa shape index (κ1) is 21.0. The number of fused-ring (bicyclic) bond motifs is 1. The van der Waals surface area contributed by atoms with Crippen molar-refractivity contribution in [2.45, 2.75) is 33.4 Å². The maximum atomic E-state index is 13.1. The first-order valence-corrected chi connectivity index (χ1v) is 10.1. The first-order chi connectivity index (χ1) is 15.4. The van der Waals surface area contributed by atoms with Gasteiger partial charge in [0.2, 0.25) is 0 Å². The molecular weight excluding hydrogens is 406 g/mol.